The van der Waals surface area contributed by atoms with Crippen LogP contribution in [0.4, 0.5) is 0 Å². The minimum atomic E-state index is 0. The van der Waals surface area contributed by atoms with Crippen molar-refractivity contribution in [2.24, 2.45) is 10.9 Å². The molecule has 1 aromatic carbocycles. The summed E-state index contributed by atoms with van der Waals surface area (Å²) in [4.78, 5) is 4.29. The Labute approximate surface area is 174 Å². The lowest BCUT2D eigenvalue weighted by molar-refractivity contribution is 0.119. The predicted octanol–water partition coefficient (Wildman–Crippen LogP) is 3.72. The average Bonchev–Trinajstić information content (AvgIpc) is 3.42. The molecule has 2 saturated carbocycles. The van der Waals surface area contributed by atoms with Gasteiger partial charge in [0.05, 0.1) is 6.10 Å². The molecule has 26 heavy (non-hydrogen) atoms. The fraction of sp³-hybridized carbons (Fsp3) is 0.650. The molecule has 0 amide bonds. The Hall–Kier alpha value is -1.02. The van der Waals surface area contributed by atoms with E-state index >= 15 is 0 Å². The maximum atomic E-state index is 6.08. The van der Waals surface area contributed by atoms with Crippen LogP contribution in [0.2, 0.25) is 0 Å². The highest BCUT2D eigenvalue weighted by atomic mass is 127. The van der Waals surface area contributed by atoms with Crippen LogP contribution in [-0.2, 0) is 11.3 Å². The van der Waals surface area contributed by atoms with Crippen LogP contribution in [0.25, 0.3) is 0 Å². The molecule has 0 radical (unpaired) electrons. The van der Waals surface area contributed by atoms with Gasteiger partial charge in [-0.05, 0) is 50.5 Å². The van der Waals surface area contributed by atoms with E-state index in [1.807, 2.05) is 6.07 Å². The number of hydrogen-bond acceptors (Lipinski definition) is 3. The Morgan fingerprint density at radius 1 is 1.15 bits per heavy atom. The molecule has 2 aliphatic rings. The maximum absolute atomic E-state index is 6.08. The number of para-hydroxylation sites is 1. The van der Waals surface area contributed by atoms with E-state index in [9.17, 15) is 0 Å². The highest BCUT2D eigenvalue weighted by Crippen LogP contribution is 2.29. The van der Waals surface area contributed by atoms with Gasteiger partial charge in [0, 0.05) is 38.9 Å². The van der Waals surface area contributed by atoms with Gasteiger partial charge in [-0.3, -0.25) is 4.99 Å². The van der Waals surface area contributed by atoms with Gasteiger partial charge in [-0.15, -0.1) is 24.0 Å². The monoisotopic (exact) mass is 473 g/mol. The minimum absolute atomic E-state index is 0. The van der Waals surface area contributed by atoms with E-state index in [1.54, 1.807) is 7.05 Å². The molecular formula is C20H32IN3O2. The third kappa shape index (κ3) is 7.31. The van der Waals surface area contributed by atoms with Crippen LogP contribution in [0.3, 0.4) is 0 Å². The van der Waals surface area contributed by atoms with Crippen molar-refractivity contribution >= 4 is 29.9 Å². The molecule has 0 atom stereocenters. The zero-order valence-corrected chi connectivity index (χ0v) is 18.0. The lowest BCUT2D eigenvalue weighted by Crippen LogP contribution is -2.37. The van der Waals surface area contributed by atoms with E-state index in [0.717, 1.165) is 43.8 Å². The molecule has 3 rings (SSSR count). The van der Waals surface area contributed by atoms with Crippen LogP contribution >= 0.6 is 24.0 Å². The normalized spacial score (nSPS) is 17.2. The molecule has 0 unspecified atom stereocenters. The van der Waals surface area contributed by atoms with Crippen molar-refractivity contribution in [3.63, 3.8) is 0 Å². The van der Waals surface area contributed by atoms with E-state index in [0.29, 0.717) is 12.6 Å². The summed E-state index contributed by atoms with van der Waals surface area (Å²) in [6.07, 6.45) is 7.72. The van der Waals surface area contributed by atoms with E-state index in [2.05, 4.69) is 33.8 Å². The first-order chi connectivity index (χ1) is 12.3. The van der Waals surface area contributed by atoms with Crippen LogP contribution < -0.4 is 15.4 Å². The lowest BCUT2D eigenvalue weighted by Gasteiger charge is -2.27. The number of hydrogen-bond donors (Lipinski definition) is 2. The largest absolute Gasteiger partial charge is 0.490 e. The first-order valence-corrected chi connectivity index (χ1v) is 9.62. The summed E-state index contributed by atoms with van der Waals surface area (Å²) >= 11 is 0. The summed E-state index contributed by atoms with van der Waals surface area (Å²) in [5.74, 6) is 2.65. The van der Waals surface area contributed by atoms with Gasteiger partial charge in [-0.2, -0.15) is 0 Å². The van der Waals surface area contributed by atoms with Gasteiger partial charge in [0.2, 0.25) is 0 Å². The van der Waals surface area contributed by atoms with Crippen molar-refractivity contribution in [2.45, 2.75) is 51.2 Å². The smallest absolute Gasteiger partial charge is 0.191 e. The first kappa shape index (κ1) is 21.3. The van der Waals surface area contributed by atoms with Crippen molar-refractivity contribution in [1.82, 2.24) is 10.6 Å². The molecule has 0 bridgehead atoms. The zero-order chi connectivity index (χ0) is 17.3. The standard InChI is InChI=1S/C20H31N3O2.HI/c1-21-20(22-12-5-13-24-15-16-10-11-16)23-14-17-6-2-3-9-19(17)25-18-7-4-8-18;/h2-3,6,9,16,18H,4-5,7-8,10-15H2,1H3,(H2,21,22,23);1H. The first-order valence-electron chi connectivity index (χ1n) is 9.62. The number of guanidine groups is 1. The fourth-order valence-electron chi connectivity index (χ4n) is 2.75. The highest BCUT2D eigenvalue weighted by Gasteiger charge is 2.21. The van der Waals surface area contributed by atoms with Crippen molar-refractivity contribution in [1.29, 1.82) is 0 Å². The maximum Gasteiger partial charge on any atom is 0.191 e. The number of benzene rings is 1. The summed E-state index contributed by atoms with van der Waals surface area (Å²) in [6.45, 7) is 3.33. The molecule has 5 nitrogen and oxygen atoms in total. The number of nitrogens with one attached hydrogen (secondary N) is 2. The molecule has 2 N–H and O–H groups in total. The van der Waals surface area contributed by atoms with Crippen LogP contribution in [0.5, 0.6) is 5.75 Å². The van der Waals surface area contributed by atoms with Gasteiger partial charge in [0.25, 0.3) is 0 Å². The molecule has 146 valence electrons. The number of nitrogens with zero attached hydrogens (tertiary/aromatic N) is 1. The van der Waals surface area contributed by atoms with Gasteiger partial charge >= 0.3 is 0 Å². The van der Waals surface area contributed by atoms with E-state index in [-0.39, 0.29) is 24.0 Å². The molecule has 2 fully saturated rings. The molecule has 0 saturated heterocycles. The fourth-order valence-corrected chi connectivity index (χ4v) is 2.75. The van der Waals surface area contributed by atoms with Gasteiger partial charge in [0.15, 0.2) is 5.96 Å². The number of rotatable bonds is 10. The third-order valence-electron chi connectivity index (χ3n) is 4.80. The van der Waals surface area contributed by atoms with Crippen molar-refractivity contribution in [3.05, 3.63) is 29.8 Å². The summed E-state index contributed by atoms with van der Waals surface area (Å²) in [5.41, 5.74) is 1.17. The second kappa shape index (κ2) is 11.6. The van der Waals surface area contributed by atoms with Crippen LogP contribution in [0.15, 0.2) is 29.3 Å². The molecule has 1 aromatic rings. The van der Waals surface area contributed by atoms with E-state index in [1.165, 1.54) is 37.7 Å². The SMILES string of the molecule is CN=C(NCCCOCC1CC1)NCc1ccccc1OC1CCC1.I. The van der Waals surface area contributed by atoms with Gasteiger partial charge in [-0.1, -0.05) is 18.2 Å². The van der Waals surface area contributed by atoms with Crippen molar-refractivity contribution in [3.8, 4) is 5.75 Å². The average molecular weight is 473 g/mol. The van der Waals surface area contributed by atoms with Crippen LogP contribution in [0, 0.1) is 5.92 Å². The number of ether oxygens (including phenoxy) is 2. The lowest BCUT2D eigenvalue weighted by atomic mass is 9.96. The summed E-state index contributed by atoms with van der Waals surface area (Å²) < 4.78 is 11.7. The molecule has 2 aliphatic carbocycles. The van der Waals surface area contributed by atoms with Crippen LogP contribution in [0.1, 0.15) is 44.1 Å². The summed E-state index contributed by atoms with van der Waals surface area (Å²) in [6, 6.07) is 8.26. The molecule has 0 heterocycles. The quantitative estimate of drug-likeness (QED) is 0.236. The molecule has 6 heteroatoms. The molecule has 0 aliphatic heterocycles. The molecule has 0 spiro atoms. The Morgan fingerprint density at radius 3 is 2.65 bits per heavy atom. The second-order valence-electron chi connectivity index (χ2n) is 7.00. The second-order valence-corrected chi connectivity index (χ2v) is 7.00. The Kier molecular flexibility index (Phi) is 9.53. The van der Waals surface area contributed by atoms with Crippen LogP contribution in [-0.4, -0.2) is 38.9 Å². The Bertz CT molecular complexity index is 560. The van der Waals surface area contributed by atoms with Crippen molar-refractivity contribution in [2.75, 3.05) is 26.8 Å². The molecule has 0 aromatic heterocycles. The molecular weight excluding hydrogens is 441 g/mol. The van der Waals surface area contributed by atoms with Gasteiger partial charge in [0.1, 0.15) is 5.75 Å². The van der Waals surface area contributed by atoms with Crippen molar-refractivity contribution < 1.29 is 9.47 Å². The number of aliphatic imine (C=N–C) groups is 1. The Balaban J connectivity index is 0.00000243. The van der Waals surface area contributed by atoms with E-state index in [4.69, 9.17) is 9.47 Å². The summed E-state index contributed by atoms with van der Waals surface area (Å²) in [5, 5.41) is 6.72. The zero-order valence-electron chi connectivity index (χ0n) is 15.7. The van der Waals surface area contributed by atoms with Gasteiger partial charge in [-0.25, -0.2) is 0 Å². The minimum Gasteiger partial charge on any atom is -0.490 e. The Morgan fingerprint density at radius 2 is 1.96 bits per heavy atom. The predicted molar refractivity (Wildman–Crippen MR) is 116 cm³/mol. The van der Waals surface area contributed by atoms with Gasteiger partial charge < -0.3 is 20.1 Å². The van der Waals surface area contributed by atoms with E-state index < -0.39 is 0 Å². The third-order valence-corrected chi connectivity index (χ3v) is 4.80. The highest BCUT2D eigenvalue weighted by molar-refractivity contribution is 14.0. The summed E-state index contributed by atoms with van der Waals surface area (Å²) in [7, 11) is 1.80. The number of halogens is 1. The topological polar surface area (TPSA) is 54.9 Å².